The van der Waals surface area contributed by atoms with Gasteiger partial charge in [-0.05, 0) is 32.6 Å². The number of hydrogen-bond acceptors (Lipinski definition) is 1. The lowest BCUT2D eigenvalue weighted by molar-refractivity contribution is 0.155. The zero-order valence-electron chi connectivity index (χ0n) is 8.49. The van der Waals surface area contributed by atoms with Crippen LogP contribution in [-0.2, 0) is 0 Å². The van der Waals surface area contributed by atoms with E-state index in [1.165, 1.54) is 12.8 Å². The molecule has 2 amide bonds. The van der Waals surface area contributed by atoms with Crippen LogP contribution >= 0.6 is 0 Å². The minimum Gasteiger partial charge on any atom is -0.325 e. The first-order valence-corrected chi connectivity index (χ1v) is 5.31. The van der Waals surface area contributed by atoms with Gasteiger partial charge in [-0.1, -0.05) is 0 Å². The summed E-state index contributed by atoms with van der Waals surface area (Å²) in [5.74, 6) is 0.824. The van der Waals surface area contributed by atoms with E-state index in [2.05, 4.69) is 4.90 Å². The van der Waals surface area contributed by atoms with Gasteiger partial charge in [0, 0.05) is 25.7 Å². The van der Waals surface area contributed by atoms with Crippen molar-refractivity contribution in [3.8, 4) is 0 Å². The third kappa shape index (κ3) is 1.30. The second kappa shape index (κ2) is 3.20. The Bertz CT molecular complexity index is 207. The number of rotatable bonds is 2. The highest BCUT2D eigenvalue weighted by atomic mass is 16.2. The van der Waals surface area contributed by atoms with Crippen LogP contribution in [0, 0.1) is 5.92 Å². The molecule has 3 nitrogen and oxygen atoms in total. The van der Waals surface area contributed by atoms with Gasteiger partial charge in [0.2, 0.25) is 0 Å². The molecule has 1 aliphatic carbocycles. The molecule has 0 spiro atoms. The molecule has 0 radical (unpaired) electrons. The maximum atomic E-state index is 11.9. The summed E-state index contributed by atoms with van der Waals surface area (Å²) in [4.78, 5) is 15.9. The summed E-state index contributed by atoms with van der Waals surface area (Å²) in [5, 5.41) is 0. The largest absolute Gasteiger partial charge is 0.325 e. The lowest BCUT2D eigenvalue weighted by Crippen LogP contribution is -2.44. The van der Waals surface area contributed by atoms with Crippen molar-refractivity contribution in [2.45, 2.75) is 32.7 Å². The Morgan fingerprint density at radius 2 is 2.00 bits per heavy atom. The van der Waals surface area contributed by atoms with Gasteiger partial charge < -0.3 is 9.80 Å². The molecule has 3 heteroatoms. The number of carbonyl (C=O) groups is 1. The molecule has 0 aromatic rings. The van der Waals surface area contributed by atoms with Crippen molar-refractivity contribution in [1.29, 1.82) is 0 Å². The lowest BCUT2D eigenvalue weighted by Gasteiger charge is -2.30. The van der Waals surface area contributed by atoms with Crippen molar-refractivity contribution >= 4 is 6.03 Å². The second-order valence-corrected chi connectivity index (χ2v) is 4.10. The molecule has 3 aliphatic rings. The van der Waals surface area contributed by atoms with Crippen LogP contribution in [0.25, 0.3) is 0 Å². The molecule has 74 valence electrons. The molecule has 2 heterocycles. The first-order chi connectivity index (χ1) is 6.26. The molecule has 3 rings (SSSR count). The van der Waals surface area contributed by atoms with Gasteiger partial charge >= 0.3 is 6.03 Å². The molecule has 0 aromatic carbocycles. The molecule has 2 aliphatic heterocycles. The van der Waals surface area contributed by atoms with Gasteiger partial charge in [0.05, 0.1) is 0 Å². The predicted octanol–water partition coefficient (Wildman–Crippen LogP) is 1.54. The minimum atomic E-state index is 0.259. The fraction of sp³-hybridized carbons (Fsp3) is 0.900. The lowest BCUT2D eigenvalue weighted by atomic mass is 9.86. The third-order valence-corrected chi connectivity index (χ3v) is 3.39. The summed E-state index contributed by atoms with van der Waals surface area (Å²) < 4.78 is 0. The molecule has 0 aromatic heterocycles. The maximum absolute atomic E-state index is 11.9. The second-order valence-electron chi connectivity index (χ2n) is 4.10. The molecule has 0 N–H and O–H groups in total. The van der Waals surface area contributed by atoms with E-state index in [4.69, 9.17) is 0 Å². The van der Waals surface area contributed by atoms with Gasteiger partial charge in [-0.25, -0.2) is 4.79 Å². The number of hydrogen-bond donors (Lipinski definition) is 0. The van der Waals surface area contributed by atoms with Crippen LogP contribution in [0.2, 0.25) is 0 Å². The number of amides is 2. The van der Waals surface area contributed by atoms with E-state index in [1.807, 2.05) is 18.7 Å². The highest BCUT2D eigenvalue weighted by Crippen LogP contribution is 2.40. The maximum Gasteiger partial charge on any atom is 0.320 e. The number of urea groups is 1. The SMILES string of the molecule is CCN(CC)C(=O)N1CC2CC1C2. The monoisotopic (exact) mass is 182 g/mol. The Morgan fingerprint density at radius 3 is 2.38 bits per heavy atom. The van der Waals surface area contributed by atoms with Gasteiger partial charge in [0.1, 0.15) is 0 Å². The predicted molar refractivity (Wildman–Crippen MR) is 51.5 cm³/mol. The minimum absolute atomic E-state index is 0.259. The Hall–Kier alpha value is -0.730. The smallest absolute Gasteiger partial charge is 0.320 e. The van der Waals surface area contributed by atoms with Gasteiger partial charge in [-0.2, -0.15) is 0 Å². The van der Waals surface area contributed by atoms with Crippen LogP contribution in [0.3, 0.4) is 0 Å². The number of fused-ring (bicyclic) bond motifs is 1. The van der Waals surface area contributed by atoms with E-state index in [0.29, 0.717) is 6.04 Å². The van der Waals surface area contributed by atoms with Crippen LogP contribution < -0.4 is 0 Å². The van der Waals surface area contributed by atoms with E-state index in [1.54, 1.807) is 0 Å². The summed E-state index contributed by atoms with van der Waals surface area (Å²) in [6.45, 7) is 6.77. The van der Waals surface area contributed by atoms with Crippen molar-refractivity contribution in [3.63, 3.8) is 0 Å². The van der Waals surface area contributed by atoms with Crippen molar-refractivity contribution in [1.82, 2.24) is 9.80 Å². The summed E-state index contributed by atoms with van der Waals surface area (Å²) in [6, 6.07) is 0.841. The molecule has 2 bridgehead atoms. The molecular weight excluding hydrogens is 164 g/mol. The van der Waals surface area contributed by atoms with E-state index >= 15 is 0 Å². The molecular formula is C10H18N2O. The third-order valence-electron chi connectivity index (χ3n) is 3.39. The van der Waals surface area contributed by atoms with Gasteiger partial charge in [0.25, 0.3) is 0 Å². The Morgan fingerprint density at radius 1 is 1.38 bits per heavy atom. The Balaban J connectivity index is 1.96. The topological polar surface area (TPSA) is 23.6 Å². The summed E-state index contributed by atoms with van der Waals surface area (Å²) in [5.41, 5.74) is 0. The van der Waals surface area contributed by atoms with E-state index in [-0.39, 0.29) is 6.03 Å². The first kappa shape index (κ1) is 8.85. The van der Waals surface area contributed by atoms with E-state index in [9.17, 15) is 4.79 Å². The Kier molecular flexibility index (Phi) is 2.18. The Labute approximate surface area is 79.7 Å². The van der Waals surface area contributed by atoms with Crippen molar-refractivity contribution in [3.05, 3.63) is 0 Å². The summed E-state index contributed by atoms with van der Waals surface area (Å²) >= 11 is 0. The van der Waals surface area contributed by atoms with Crippen molar-refractivity contribution < 1.29 is 4.79 Å². The van der Waals surface area contributed by atoms with Crippen LogP contribution in [0.1, 0.15) is 26.7 Å². The molecule has 1 saturated carbocycles. The average Bonchev–Trinajstić information content (AvgIpc) is 2.62. The van der Waals surface area contributed by atoms with Gasteiger partial charge in [0.15, 0.2) is 0 Å². The molecule has 2 saturated heterocycles. The molecule has 3 fully saturated rings. The fourth-order valence-electron chi connectivity index (χ4n) is 2.44. The standard InChI is InChI=1S/C10H18N2O/c1-3-11(4-2)10(13)12-7-8-5-9(12)6-8/h8-9H,3-7H2,1-2H3. The van der Waals surface area contributed by atoms with Gasteiger partial charge in [-0.15, -0.1) is 0 Å². The first-order valence-electron chi connectivity index (χ1n) is 5.31. The fourth-order valence-corrected chi connectivity index (χ4v) is 2.44. The zero-order valence-corrected chi connectivity index (χ0v) is 8.49. The molecule has 0 atom stereocenters. The van der Waals surface area contributed by atoms with Crippen molar-refractivity contribution in [2.24, 2.45) is 5.92 Å². The zero-order chi connectivity index (χ0) is 9.42. The number of nitrogens with zero attached hydrogens (tertiary/aromatic N) is 2. The van der Waals surface area contributed by atoms with Crippen LogP contribution in [0.5, 0.6) is 0 Å². The molecule has 13 heavy (non-hydrogen) atoms. The molecule has 0 unspecified atom stereocenters. The van der Waals surface area contributed by atoms with E-state index in [0.717, 1.165) is 25.6 Å². The quantitative estimate of drug-likeness (QED) is 0.635. The van der Waals surface area contributed by atoms with Crippen LogP contribution in [0.4, 0.5) is 4.79 Å². The average molecular weight is 182 g/mol. The normalized spacial score (nSPS) is 30.2. The van der Waals surface area contributed by atoms with E-state index < -0.39 is 0 Å². The highest BCUT2D eigenvalue weighted by Gasteiger charge is 2.45. The summed E-state index contributed by atoms with van der Waals surface area (Å²) in [7, 11) is 0. The highest BCUT2D eigenvalue weighted by molar-refractivity contribution is 5.75. The number of carbonyl (C=O) groups excluding carboxylic acids is 1. The van der Waals surface area contributed by atoms with Crippen LogP contribution in [0.15, 0.2) is 0 Å². The summed E-state index contributed by atoms with van der Waals surface area (Å²) in [6.07, 6.45) is 2.51. The van der Waals surface area contributed by atoms with Gasteiger partial charge in [-0.3, -0.25) is 0 Å². The van der Waals surface area contributed by atoms with Crippen LogP contribution in [-0.4, -0.2) is 41.5 Å². The van der Waals surface area contributed by atoms with Crippen molar-refractivity contribution in [2.75, 3.05) is 19.6 Å².